The molecule has 1 aliphatic heterocycles. The van der Waals surface area contributed by atoms with Gasteiger partial charge in [-0.15, -0.1) is 0 Å². The Bertz CT molecular complexity index is 381. The zero-order valence-electron chi connectivity index (χ0n) is 12.0. The molecule has 0 spiro atoms. The van der Waals surface area contributed by atoms with Crippen LogP contribution in [0.3, 0.4) is 0 Å². The molecule has 0 amide bonds. The quantitative estimate of drug-likeness (QED) is 0.875. The number of aryl methyl sites for hydroxylation is 1. The summed E-state index contributed by atoms with van der Waals surface area (Å²) < 4.78 is 5.57. The lowest BCUT2D eigenvalue weighted by Gasteiger charge is -2.33. The van der Waals surface area contributed by atoms with E-state index in [1.165, 1.54) is 6.42 Å². The molecule has 0 saturated carbocycles. The standard InChI is InChI=1S/C14H25N3O/c1-11-8-16-13(18-11)10-17-7-5-6-15-12(9-17)14(2,3)4/h8,12,15H,5-7,9-10H2,1-4H3. The van der Waals surface area contributed by atoms with E-state index in [9.17, 15) is 0 Å². The Hall–Kier alpha value is -0.870. The molecule has 1 fully saturated rings. The summed E-state index contributed by atoms with van der Waals surface area (Å²) in [5, 5.41) is 3.65. The molecule has 102 valence electrons. The molecular weight excluding hydrogens is 226 g/mol. The highest BCUT2D eigenvalue weighted by Gasteiger charge is 2.28. The van der Waals surface area contributed by atoms with Gasteiger partial charge in [-0.05, 0) is 31.8 Å². The summed E-state index contributed by atoms with van der Waals surface area (Å²) in [7, 11) is 0. The molecule has 1 unspecified atom stereocenters. The van der Waals surface area contributed by atoms with Crippen molar-refractivity contribution in [3.63, 3.8) is 0 Å². The zero-order valence-corrected chi connectivity index (χ0v) is 12.0. The molecule has 1 aromatic rings. The minimum atomic E-state index is 0.287. The van der Waals surface area contributed by atoms with Crippen molar-refractivity contribution in [2.24, 2.45) is 5.41 Å². The molecule has 4 nitrogen and oxygen atoms in total. The summed E-state index contributed by atoms with van der Waals surface area (Å²) in [6.07, 6.45) is 2.99. The van der Waals surface area contributed by atoms with Crippen LogP contribution < -0.4 is 5.32 Å². The maximum absolute atomic E-state index is 5.57. The second kappa shape index (κ2) is 5.41. The first kappa shape index (κ1) is 13.6. The van der Waals surface area contributed by atoms with Crippen LogP contribution in [0.4, 0.5) is 0 Å². The van der Waals surface area contributed by atoms with Gasteiger partial charge >= 0.3 is 0 Å². The Morgan fingerprint density at radius 3 is 2.89 bits per heavy atom. The van der Waals surface area contributed by atoms with Gasteiger partial charge in [0.2, 0.25) is 5.89 Å². The fourth-order valence-corrected chi connectivity index (χ4v) is 2.38. The summed E-state index contributed by atoms with van der Waals surface area (Å²) in [5.74, 6) is 1.73. The molecule has 0 radical (unpaired) electrons. The van der Waals surface area contributed by atoms with Crippen molar-refractivity contribution in [2.75, 3.05) is 19.6 Å². The molecule has 2 heterocycles. The number of rotatable bonds is 2. The maximum Gasteiger partial charge on any atom is 0.208 e. The first-order valence-electron chi connectivity index (χ1n) is 6.82. The SMILES string of the molecule is Cc1cnc(CN2CCCNC(C(C)(C)C)C2)o1. The van der Waals surface area contributed by atoms with Gasteiger partial charge in [-0.1, -0.05) is 20.8 Å². The molecule has 1 atom stereocenters. The van der Waals surface area contributed by atoms with Crippen LogP contribution in [0.1, 0.15) is 38.8 Å². The van der Waals surface area contributed by atoms with Crippen molar-refractivity contribution in [1.29, 1.82) is 0 Å². The van der Waals surface area contributed by atoms with Crippen LogP contribution in [-0.4, -0.2) is 35.6 Å². The molecule has 0 aromatic carbocycles. The minimum absolute atomic E-state index is 0.287. The lowest BCUT2D eigenvalue weighted by molar-refractivity contribution is 0.180. The minimum Gasteiger partial charge on any atom is -0.445 e. The number of oxazole rings is 1. The summed E-state index contributed by atoms with van der Waals surface area (Å²) >= 11 is 0. The fourth-order valence-electron chi connectivity index (χ4n) is 2.38. The van der Waals surface area contributed by atoms with Gasteiger partial charge in [0, 0.05) is 12.6 Å². The van der Waals surface area contributed by atoms with Crippen LogP contribution in [0.15, 0.2) is 10.6 Å². The summed E-state index contributed by atoms with van der Waals surface area (Å²) in [4.78, 5) is 6.74. The largest absolute Gasteiger partial charge is 0.445 e. The lowest BCUT2D eigenvalue weighted by Crippen LogP contribution is -2.46. The Labute approximate surface area is 110 Å². The van der Waals surface area contributed by atoms with E-state index in [2.05, 4.69) is 36.0 Å². The van der Waals surface area contributed by atoms with Crippen LogP contribution in [0.2, 0.25) is 0 Å². The van der Waals surface area contributed by atoms with Crippen molar-refractivity contribution in [1.82, 2.24) is 15.2 Å². The molecule has 0 bridgehead atoms. The van der Waals surface area contributed by atoms with Gasteiger partial charge in [-0.25, -0.2) is 4.98 Å². The van der Waals surface area contributed by atoms with Crippen molar-refractivity contribution < 1.29 is 4.42 Å². The Morgan fingerprint density at radius 1 is 1.50 bits per heavy atom. The van der Waals surface area contributed by atoms with E-state index in [0.717, 1.165) is 37.8 Å². The predicted octanol–water partition coefficient (Wildman–Crippen LogP) is 2.19. The molecule has 0 aliphatic carbocycles. The number of hydrogen-bond acceptors (Lipinski definition) is 4. The number of nitrogens with zero attached hydrogens (tertiary/aromatic N) is 2. The highest BCUT2D eigenvalue weighted by Crippen LogP contribution is 2.22. The van der Waals surface area contributed by atoms with Crippen LogP contribution in [0.25, 0.3) is 0 Å². The fraction of sp³-hybridized carbons (Fsp3) is 0.786. The monoisotopic (exact) mass is 251 g/mol. The number of nitrogens with one attached hydrogen (secondary N) is 1. The smallest absolute Gasteiger partial charge is 0.208 e. The van der Waals surface area contributed by atoms with Crippen LogP contribution >= 0.6 is 0 Å². The van der Waals surface area contributed by atoms with Gasteiger partial charge in [0.15, 0.2) is 0 Å². The molecule has 18 heavy (non-hydrogen) atoms. The third-order valence-electron chi connectivity index (χ3n) is 3.56. The van der Waals surface area contributed by atoms with Gasteiger partial charge in [0.25, 0.3) is 0 Å². The Morgan fingerprint density at radius 2 is 2.28 bits per heavy atom. The third-order valence-corrected chi connectivity index (χ3v) is 3.56. The Balaban J connectivity index is 1.99. The van der Waals surface area contributed by atoms with E-state index in [4.69, 9.17) is 4.42 Å². The third kappa shape index (κ3) is 3.56. The first-order chi connectivity index (χ1) is 8.45. The number of hydrogen-bond donors (Lipinski definition) is 1. The highest BCUT2D eigenvalue weighted by atomic mass is 16.4. The van der Waals surface area contributed by atoms with E-state index in [-0.39, 0.29) is 5.41 Å². The lowest BCUT2D eigenvalue weighted by atomic mass is 9.86. The van der Waals surface area contributed by atoms with E-state index < -0.39 is 0 Å². The van der Waals surface area contributed by atoms with Gasteiger partial charge in [-0.2, -0.15) is 0 Å². The first-order valence-corrected chi connectivity index (χ1v) is 6.82. The van der Waals surface area contributed by atoms with Crippen LogP contribution in [-0.2, 0) is 6.54 Å². The average molecular weight is 251 g/mol. The normalized spacial score (nSPS) is 23.0. The van der Waals surface area contributed by atoms with E-state index in [1.54, 1.807) is 6.20 Å². The average Bonchev–Trinajstić information content (AvgIpc) is 2.53. The highest BCUT2D eigenvalue weighted by molar-refractivity contribution is 4.92. The van der Waals surface area contributed by atoms with Gasteiger partial charge in [0.1, 0.15) is 5.76 Å². The molecule has 1 saturated heterocycles. The van der Waals surface area contributed by atoms with Crippen LogP contribution in [0.5, 0.6) is 0 Å². The summed E-state index contributed by atoms with van der Waals surface area (Å²) in [6, 6.07) is 0.524. The Kier molecular flexibility index (Phi) is 4.07. The summed E-state index contributed by atoms with van der Waals surface area (Å²) in [6.45, 7) is 12.9. The molecule has 1 aliphatic rings. The molecule has 1 aromatic heterocycles. The van der Waals surface area contributed by atoms with Gasteiger partial charge in [-0.3, -0.25) is 4.90 Å². The second-order valence-corrected chi connectivity index (χ2v) is 6.33. The number of aromatic nitrogens is 1. The van der Waals surface area contributed by atoms with Gasteiger partial charge < -0.3 is 9.73 Å². The molecule has 4 heteroatoms. The topological polar surface area (TPSA) is 41.3 Å². The zero-order chi connectivity index (χ0) is 13.2. The van der Waals surface area contributed by atoms with Gasteiger partial charge in [0.05, 0.1) is 12.7 Å². The summed E-state index contributed by atoms with van der Waals surface area (Å²) in [5.41, 5.74) is 0.287. The van der Waals surface area contributed by atoms with Crippen molar-refractivity contribution in [2.45, 2.75) is 46.7 Å². The molecular formula is C14H25N3O. The maximum atomic E-state index is 5.57. The molecule has 1 N–H and O–H groups in total. The van der Waals surface area contributed by atoms with Crippen molar-refractivity contribution in [3.05, 3.63) is 17.8 Å². The van der Waals surface area contributed by atoms with Crippen molar-refractivity contribution >= 4 is 0 Å². The van der Waals surface area contributed by atoms with E-state index >= 15 is 0 Å². The predicted molar refractivity (Wildman–Crippen MR) is 72.4 cm³/mol. The van der Waals surface area contributed by atoms with Crippen molar-refractivity contribution in [3.8, 4) is 0 Å². The second-order valence-electron chi connectivity index (χ2n) is 6.33. The van der Waals surface area contributed by atoms with E-state index in [0.29, 0.717) is 6.04 Å². The molecule has 2 rings (SSSR count). The van der Waals surface area contributed by atoms with Crippen LogP contribution in [0, 0.1) is 12.3 Å². The van der Waals surface area contributed by atoms with E-state index in [1.807, 2.05) is 6.92 Å².